The molecule has 0 aromatic heterocycles. The van der Waals surface area contributed by atoms with E-state index < -0.39 is 17.7 Å². The number of rotatable bonds is 4. The monoisotopic (exact) mass is 231 g/mol. The van der Waals surface area contributed by atoms with Gasteiger partial charge in [-0.15, -0.1) is 0 Å². The zero-order valence-electron chi connectivity index (χ0n) is 10.3. The van der Waals surface area contributed by atoms with E-state index in [2.05, 4.69) is 10.6 Å². The van der Waals surface area contributed by atoms with Gasteiger partial charge in [0.15, 0.2) is 0 Å². The average Bonchev–Trinajstić information content (AvgIpc) is 2.10. The topological polar surface area (TPSA) is 93.4 Å². The van der Waals surface area contributed by atoms with Crippen molar-refractivity contribution in [1.82, 2.24) is 10.6 Å². The standard InChI is InChI=1S/C10H21N3O3/c1-7(8(14)12-6-5-11)13-9(15)16-10(2,3)4/h7H,5-6,11H2,1-4H3,(H,12,14)(H,13,15). The fourth-order valence-corrected chi connectivity index (χ4v) is 0.898. The number of hydrogen-bond donors (Lipinski definition) is 3. The van der Waals surface area contributed by atoms with Gasteiger partial charge in [0.1, 0.15) is 11.6 Å². The van der Waals surface area contributed by atoms with Gasteiger partial charge in [0.25, 0.3) is 0 Å². The van der Waals surface area contributed by atoms with Crippen molar-refractivity contribution >= 4 is 12.0 Å². The van der Waals surface area contributed by atoms with Crippen LogP contribution in [0, 0.1) is 0 Å². The summed E-state index contributed by atoms with van der Waals surface area (Å²) in [7, 11) is 0. The summed E-state index contributed by atoms with van der Waals surface area (Å²) in [6, 6.07) is -0.638. The van der Waals surface area contributed by atoms with E-state index in [1.807, 2.05) is 0 Å². The van der Waals surface area contributed by atoms with Gasteiger partial charge in [-0.25, -0.2) is 4.79 Å². The zero-order valence-corrected chi connectivity index (χ0v) is 10.3. The molecule has 94 valence electrons. The van der Waals surface area contributed by atoms with Gasteiger partial charge in [0, 0.05) is 13.1 Å². The van der Waals surface area contributed by atoms with Gasteiger partial charge < -0.3 is 21.1 Å². The zero-order chi connectivity index (χ0) is 12.8. The molecule has 1 atom stereocenters. The van der Waals surface area contributed by atoms with Gasteiger partial charge in [-0.1, -0.05) is 0 Å². The van der Waals surface area contributed by atoms with Crippen LogP contribution < -0.4 is 16.4 Å². The Morgan fingerprint density at radius 1 is 1.38 bits per heavy atom. The largest absolute Gasteiger partial charge is 0.444 e. The van der Waals surface area contributed by atoms with Crippen LogP contribution >= 0.6 is 0 Å². The van der Waals surface area contributed by atoms with Crippen LogP contribution in [0.5, 0.6) is 0 Å². The highest BCUT2D eigenvalue weighted by molar-refractivity contribution is 5.85. The summed E-state index contributed by atoms with van der Waals surface area (Å²) < 4.78 is 5.01. The molecular formula is C10H21N3O3. The van der Waals surface area contributed by atoms with Crippen molar-refractivity contribution in [3.63, 3.8) is 0 Å². The maximum absolute atomic E-state index is 11.4. The number of hydrogen-bond acceptors (Lipinski definition) is 4. The van der Waals surface area contributed by atoms with Crippen molar-refractivity contribution in [2.75, 3.05) is 13.1 Å². The molecule has 1 unspecified atom stereocenters. The summed E-state index contributed by atoms with van der Waals surface area (Å²) in [5.74, 6) is -0.281. The quantitative estimate of drug-likeness (QED) is 0.633. The predicted molar refractivity (Wildman–Crippen MR) is 60.9 cm³/mol. The molecule has 0 aliphatic carbocycles. The molecule has 0 aromatic rings. The first-order valence-electron chi connectivity index (χ1n) is 5.23. The summed E-state index contributed by atoms with van der Waals surface area (Å²) in [5.41, 5.74) is 4.66. The van der Waals surface area contributed by atoms with Gasteiger partial charge in [0.2, 0.25) is 5.91 Å². The van der Waals surface area contributed by atoms with Crippen LogP contribution in [0.4, 0.5) is 4.79 Å². The lowest BCUT2D eigenvalue weighted by atomic mass is 10.2. The van der Waals surface area contributed by atoms with Crippen molar-refractivity contribution in [2.45, 2.75) is 39.3 Å². The normalized spacial score (nSPS) is 12.8. The Balaban J connectivity index is 3.99. The fraction of sp³-hybridized carbons (Fsp3) is 0.800. The summed E-state index contributed by atoms with van der Waals surface area (Å²) >= 11 is 0. The van der Waals surface area contributed by atoms with E-state index in [0.717, 1.165) is 0 Å². The molecule has 0 aliphatic heterocycles. The maximum atomic E-state index is 11.4. The highest BCUT2D eigenvalue weighted by atomic mass is 16.6. The van der Waals surface area contributed by atoms with Crippen molar-refractivity contribution in [2.24, 2.45) is 5.73 Å². The Kier molecular flexibility index (Phi) is 5.81. The molecule has 16 heavy (non-hydrogen) atoms. The van der Waals surface area contributed by atoms with E-state index in [4.69, 9.17) is 10.5 Å². The van der Waals surface area contributed by atoms with E-state index >= 15 is 0 Å². The Morgan fingerprint density at radius 2 is 1.94 bits per heavy atom. The van der Waals surface area contributed by atoms with E-state index in [-0.39, 0.29) is 5.91 Å². The highest BCUT2D eigenvalue weighted by Crippen LogP contribution is 2.06. The smallest absolute Gasteiger partial charge is 0.408 e. The maximum Gasteiger partial charge on any atom is 0.408 e. The lowest BCUT2D eigenvalue weighted by Gasteiger charge is -2.21. The number of nitrogens with two attached hydrogens (primary N) is 1. The number of carbonyl (C=O) groups excluding carboxylic acids is 2. The van der Waals surface area contributed by atoms with Gasteiger partial charge in [-0.2, -0.15) is 0 Å². The molecule has 6 nitrogen and oxygen atoms in total. The Labute approximate surface area is 95.9 Å². The van der Waals surface area contributed by atoms with Crippen LogP contribution in [0.2, 0.25) is 0 Å². The fourth-order valence-electron chi connectivity index (χ4n) is 0.898. The van der Waals surface area contributed by atoms with E-state index in [9.17, 15) is 9.59 Å². The van der Waals surface area contributed by atoms with Gasteiger partial charge in [-0.05, 0) is 27.7 Å². The van der Waals surface area contributed by atoms with Crippen LogP contribution in [0.3, 0.4) is 0 Å². The van der Waals surface area contributed by atoms with Crippen LogP contribution in [0.25, 0.3) is 0 Å². The highest BCUT2D eigenvalue weighted by Gasteiger charge is 2.20. The third-order valence-corrected chi connectivity index (χ3v) is 1.57. The summed E-state index contributed by atoms with van der Waals surface area (Å²) in [6.07, 6.45) is -0.608. The van der Waals surface area contributed by atoms with Gasteiger partial charge >= 0.3 is 6.09 Å². The molecule has 0 saturated heterocycles. The second-order valence-electron chi connectivity index (χ2n) is 4.45. The van der Waals surface area contributed by atoms with Gasteiger partial charge in [-0.3, -0.25) is 4.79 Å². The van der Waals surface area contributed by atoms with Crippen molar-refractivity contribution < 1.29 is 14.3 Å². The lowest BCUT2D eigenvalue weighted by Crippen LogP contribution is -2.47. The first kappa shape index (κ1) is 14.7. The third-order valence-electron chi connectivity index (χ3n) is 1.57. The van der Waals surface area contributed by atoms with Gasteiger partial charge in [0.05, 0.1) is 0 Å². The van der Waals surface area contributed by atoms with Crippen molar-refractivity contribution in [3.8, 4) is 0 Å². The number of carbonyl (C=O) groups is 2. The molecule has 0 fully saturated rings. The molecule has 0 bridgehead atoms. The Bertz CT molecular complexity index is 248. The molecule has 0 radical (unpaired) electrons. The molecule has 4 N–H and O–H groups in total. The minimum atomic E-state index is -0.638. The van der Waals surface area contributed by atoms with E-state index in [1.54, 1.807) is 27.7 Å². The second kappa shape index (κ2) is 6.32. The Hall–Kier alpha value is -1.30. The van der Waals surface area contributed by atoms with Crippen molar-refractivity contribution in [3.05, 3.63) is 0 Å². The average molecular weight is 231 g/mol. The number of nitrogens with one attached hydrogen (secondary N) is 2. The molecule has 0 saturated carbocycles. The molecule has 0 rings (SSSR count). The molecule has 0 aromatic carbocycles. The van der Waals surface area contributed by atoms with Crippen LogP contribution in [0.15, 0.2) is 0 Å². The molecule has 0 heterocycles. The van der Waals surface area contributed by atoms with E-state index in [0.29, 0.717) is 13.1 Å². The van der Waals surface area contributed by atoms with Crippen molar-refractivity contribution in [1.29, 1.82) is 0 Å². The minimum Gasteiger partial charge on any atom is -0.444 e. The summed E-state index contributed by atoms with van der Waals surface area (Å²) in [4.78, 5) is 22.7. The molecule has 0 aliphatic rings. The molecule has 2 amide bonds. The Morgan fingerprint density at radius 3 is 2.38 bits per heavy atom. The van der Waals surface area contributed by atoms with Crippen LogP contribution in [-0.2, 0) is 9.53 Å². The lowest BCUT2D eigenvalue weighted by molar-refractivity contribution is -0.122. The first-order valence-corrected chi connectivity index (χ1v) is 5.23. The van der Waals surface area contributed by atoms with Crippen LogP contribution in [0.1, 0.15) is 27.7 Å². The first-order chi connectivity index (χ1) is 7.26. The summed E-state index contributed by atoms with van der Waals surface area (Å²) in [5, 5.41) is 5.00. The molecular weight excluding hydrogens is 210 g/mol. The molecule has 0 spiro atoms. The minimum absolute atomic E-state index is 0.281. The number of alkyl carbamates (subject to hydrolysis) is 1. The third kappa shape index (κ3) is 7.05. The van der Waals surface area contributed by atoms with Crippen LogP contribution in [-0.4, -0.2) is 36.7 Å². The SMILES string of the molecule is CC(NC(=O)OC(C)(C)C)C(=O)NCCN. The number of ether oxygens (including phenoxy) is 1. The second-order valence-corrected chi connectivity index (χ2v) is 4.45. The van der Waals surface area contributed by atoms with E-state index in [1.165, 1.54) is 0 Å². The summed E-state index contributed by atoms with van der Waals surface area (Å²) in [6.45, 7) is 7.60. The number of amides is 2. The predicted octanol–water partition coefficient (Wildman–Crippen LogP) is -0.0255. The molecule has 6 heteroatoms.